The number of nitrogens with zero attached hydrogens (tertiary/aromatic N) is 1. The molecule has 1 aliphatic carbocycles. The van der Waals surface area contributed by atoms with E-state index in [9.17, 15) is 14.4 Å². The second-order valence-corrected chi connectivity index (χ2v) is 9.66. The molecule has 8 nitrogen and oxygen atoms in total. The summed E-state index contributed by atoms with van der Waals surface area (Å²) in [6.45, 7) is 9.23. The third-order valence-electron chi connectivity index (χ3n) is 5.19. The van der Waals surface area contributed by atoms with E-state index < -0.39 is 17.2 Å². The van der Waals surface area contributed by atoms with Crippen LogP contribution in [0.4, 0.5) is 4.79 Å². The Morgan fingerprint density at radius 2 is 1.83 bits per heavy atom. The van der Waals surface area contributed by atoms with Crippen LogP contribution in [0.15, 0.2) is 23.0 Å². The predicted octanol–water partition coefficient (Wildman–Crippen LogP) is 3.48. The lowest BCUT2D eigenvalue weighted by Crippen LogP contribution is -2.52. The Balaban J connectivity index is 1.69. The third-order valence-corrected chi connectivity index (χ3v) is 5.19. The van der Waals surface area contributed by atoms with Crippen LogP contribution in [0.2, 0.25) is 0 Å². The van der Waals surface area contributed by atoms with E-state index in [0.29, 0.717) is 11.1 Å². The van der Waals surface area contributed by atoms with Crippen LogP contribution in [0.3, 0.4) is 0 Å². The smallest absolute Gasteiger partial charge is 0.407 e. The fourth-order valence-electron chi connectivity index (χ4n) is 3.83. The molecule has 1 fully saturated rings. The Morgan fingerprint density at radius 1 is 1.17 bits per heavy atom. The van der Waals surface area contributed by atoms with Gasteiger partial charge in [0, 0.05) is 18.2 Å². The molecule has 3 rings (SSSR count). The maximum absolute atomic E-state index is 12.8. The Hall–Kier alpha value is -2.77. The first-order chi connectivity index (χ1) is 14.0. The molecule has 1 heterocycles. The van der Waals surface area contributed by atoms with Gasteiger partial charge in [0.1, 0.15) is 5.60 Å². The summed E-state index contributed by atoms with van der Waals surface area (Å²) < 4.78 is 7.05. The van der Waals surface area contributed by atoms with Gasteiger partial charge in [-0.05, 0) is 65.7 Å². The minimum absolute atomic E-state index is 0.128. The number of nitrogens with one attached hydrogen (secondary N) is 3. The first-order valence-corrected chi connectivity index (χ1v) is 10.5. The van der Waals surface area contributed by atoms with Crippen molar-refractivity contribution in [2.24, 2.45) is 0 Å². The standard InChI is InChI=1S/C22H32N4O4/c1-21(2,3)30-20(29)23-13-22(4,5)25-18(27)14-10-11-17-16(12-14)24-19(28)26(17)15-8-6-7-9-15/h10-12,15H,6-9,13H2,1-5H3,(H,23,29)(H,24,28)(H,25,27). The lowest BCUT2D eigenvalue weighted by molar-refractivity contribution is 0.0509. The molecule has 2 amide bonds. The molecule has 0 bridgehead atoms. The Labute approximate surface area is 176 Å². The van der Waals surface area contributed by atoms with Crippen molar-refractivity contribution in [3.05, 3.63) is 34.2 Å². The number of imidazole rings is 1. The zero-order chi connectivity index (χ0) is 22.1. The fourth-order valence-corrected chi connectivity index (χ4v) is 3.83. The van der Waals surface area contributed by atoms with E-state index in [1.54, 1.807) is 32.9 Å². The Morgan fingerprint density at radius 3 is 2.47 bits per heavy atom. The van der Waals surface area contributed by atoms with Crippen molar-refractivity contribution in [1.82, 2.24) is 20.2 Å². The summed E-state index contributed by atoms with van der Waals surface area (Å²) in [5.74, 6) is -0.276. The van der Waals surface area contributed by atoms with Crippen LogP contribution < -0.4 is 16.3 Å². The van der Waals surface area contributed by atoms with Gasteiger partial charge in [-0.15, -0.1) is 0 Å². The van der Waals surface area contributed by atoms with E-state index in [2.05, 4.69) is 15.6 Å². The molecular formula is C22H32N4O4. The summed E-state index contributed by atoms with van der Waals surface area (Å²) in [5, 5.41) is 5.61. The highest BCUT2D eigenvalue weighted by Crippen LogP contribution is 2.30. The Bertz CT molecular complexity index is 991. The molecule has 1 aromatic carbocycles. The molecule has 8 heteroatoms. The van der Waals surface area contributed by atoms with Crippen molar-refractivity contribution in [2.45, 2.75) is 77.5 Å². The average molecular weight is 417 g/mol. The summed E-state index contributed by atoms with van der Waals surface area (Å²) in [6, 6.07) is 5.48. The number of alkyl carbamates (subject to hydrolysis) is 1. The summed E-state index contributed by atoms with van der Waals surface area (Å²) in [6.07, 6.45) is 3.76. The van der Waals surface area contributed by atoms with Crippen molar-refractivity contribution in [3.8, 4) is 0 Å². The van der Waals surface area contributed by atoms with Crippen LogP contribution in [0.25, 0.3) is 11.0 Å². The van der Waals surface area contributed by atoms with E-state index in [0.717, 1.165) is 31.2 Å². The van der Waals surface area contributed by atoms with E-state index in [-0.39, 0.29) is 24.2 Å². The molecule has 164 valence electrons. The van der Waals surface area contributed by atoms with Gasteiger partial charge in [0.2, 0.25) is 0 Å². The number of H-pyrrole nitrogens is 1. The molecule has 0 atom stereocenters. The van der Waals surface area contributed by atoms with Crippen molar-refractivity contribution in [1.29, 1.82) is 0 Å². The summed E-state index contributed by atoms with van der Waals surface area (Å²) in [5.41, 5.74) is 0.535. The summed E-state index contributed by atoms with van der Waals surface area (Å²) in [7, 11) is 0. The quantitative estimate of drug-likeness (QED) is 0.694. The van der Waals surface area contributed by atoms with E-state index >= 15 is 0 Å². The lowest BCUT2D eigenvalue weighted by Gasteiger charge is -2.27. The zero-order valence-corrected chi connectivity index (χ0v) is 18.4. The van der Waals surface area contributed by atoms with Crippen LogP contribution in [0.1, 0.15) is 76.7 Å². The second kappa shape index (κ2) is 8.16. The largest absolute Gasteiger partial charge is 0.444 e. The van der Waals surface area contributed by atoms with E-state index in [4.69, 9.17) is 4.74 Å². The van der Waals surface area contributed by atoms with Crippen LogP contribution in [0.5, 0.6) is 0 Å². The zero-order valence-electron chi connectivity index (χ0n) is 18.4. The van der Waals surface area contributed by atoms with Crippen LogP contribution >= 0.6 is 0 Å². The predicted molar refractivity (Wildman–Crippen MR) is 116 cm³/mol. The maximum atomic E-state index is 12.8. The topological polar surface area (TPSA) is 105 Å². The van der Waals surface area contributed by atoms with E-state index in [1.165, 1.54) is 0 Å². The number of amides is 2. The molecule has 0 spiro atoms. The van der Waals surface area contributed by atoms with Gasteiger partial charge in [-0.25, -0.2) is 9.59 Å². The lowest BCUT2D eigenvalue weighted by atomic mass is 10.0. The maximum Gasteiger partial charge on any atom is 0.407 e. The van der Waals surface area contributed by atoms with Gasteiger partial charge < -0.3 is 20.4 Å². The molecule has 2 aromatic rings. The van der Waals surface area contributed by atoms with Crippen LogP contribution in [0, 0.1) is 0 Å². The van der Waals surface area contributed by atoms with Gasteiger partial charge in [0.25, 0.3) is 5.91 Å². The first-order valence-electron chi connectivity index (χ1n) is 10.5. The number of fused-ring (bicyclic) bond motifs is 1. The highest BCUT2D eigenvalue weighted by Gasteiger charge is 2.25. The number of hydrogen-bond donors (Lipinski definition) is 3. The highest BCUT2D eigenvalue weighted by atomic mass is 16.6. The van der Waals surface area contributed by atoms with Gasteiger partial charge in [-0.2, -0.15) is 0 Å². The number of benzene rings is 1. The molecule has 30 heavy (non-hydrogen) atoms. The molecule has 1 aliphatic rings. The average Bonchev–Trinajstić information content (AvgIpc) is 3.24. The molecule has 1 aromatic heterocycles. The second-order valence-electron chi connectivity index (χ2n) is 9.66. The van der Waals surface area contributed by atoms with Crippen LogP contribution in [-0.4, -0.2) is 39.2 Å². The van der Waals surface area contributed by atoms with Crippen molar-refractivity contribution < 1.29 is 14.3 Å². The molecule has 0 unspecified atom stereocenters. The Kier molecular flexibility index (Phi) is 5.97. The fraction of sp³-hybridized carbons (Fsp3) is 0.591. The van der Waals surface area contributed by atoms with E-state index in [1.807, 2.05) is 24.5 Å². The minimum atomic E-state index is -0.688. The van der Waals surface area contributed by atoms with Crippen molar-refractivity contribution >= 4 is 23.0 Å². The molecule has 0 saturated heterocycles. The molecular weight excluding hydrogens is 384 g/mol. The van der Waals surface area contributed by atoms with Crippen molar-refractivity contribution in [2.75, 3.05) is 6.54 Å². The SMILES string of the molecule is CC(C)(CNC(=O)OC(C)(C)C)NC(=O)c1ccc2c(c1)[nH]c(=O)n2C1CCCC1. The number of hydrogen-bond acceptors (Lipinski definition) is 4. The molecule has 3 N–H and O–H groups in total. The van der Waals surface area contributed by atoms with Gasteiger partial charge in [0.15, 0.2) is 0 Å². The van der Waals surface area contributed by atoms with Crippen molar-refractivity contribution in [3.63, 3.8) is 0 Å². The van der Waals surface area contributed by atoms with Gasteiger partial charge in [-0.1, -0.05) is 12.8 Å². The highest BCUT2D eigenvalue weighted by molar-refractivity contribution is 5.97. The third kappa shape index (κ3) is 5.23. The van der Waals surface area contributed by atoms with Gasteiger partial charge in [0.05, 0.1) is 16.6 Å². The van der Waals surface area contributed by atoms with Gasteiger partial charge >= 0.3 is 11.8 Å². The number of rotatable bonds is 5. The number of carbonyl (C=O) groups is 2. The number of aromatic nitrogens is 2. The minimum Gasteiger partial charge on any atom is -0.444 e. The number of aromatic amines is 1. The normalized spacial score (nSPS) is 15.4. The first kappa shape index (κ1) is 21.9. The number of ether oxygens (including phenoxy) is 1. The molecule has 0 aliphatic heterocycles. The molecule has 1 saturated carbocycles. The van der Waals surface area contributed by atoms with Crippen LogP contribution in [-0.2, 0) is 4.74 Å². The summed E-state index contributed by atoms with van der Waals surface area (Å²) in [4.78, 5) is 40.0. The summed E-state index contributed by atoms with van der Waals surface area (Å²) >= 11 is 0. The number of carbonyl (C=O) groups excluding carboxylic acids is 2. The van der Waals surface area contributed by atoms with Gasteiger partial charge in [-0.3, -0.25) is 9.36 Å². The monoisotopic (exact) mass is 416 g/mol. The molecule has 0 radical (unpaired) electrons.